The van der Waals surface area contributed by atoms with E-state index in [9.17, 15) is 18.0 Å². The van der Waals surface area contributed by atoms with E-state index in [1.165, 1.54) is 13.0 Å². The van der Waals surface area contributed by atoms with E-state index in [0.717, 1.165) is 12.1 Å². The van der Waals surface area contributed by atoms with Crippen molar-refractivity contribution in [2.75, 3.05) is 5.43 Å². The average Bonchev–Trinajstić information content (AvgIpc) is 2.23. The first-order valence-corrected chi connectivity index (χ1v) is 5.92. The van der Waals surface area contributed by atoms with E-state index in [-0.39, 0.29) is 0 Å². The smallest absolute Gasteiger partial charge is 0.426 e. The fourth-order valence-electron chi connectivity index (χ4n) is 1.40. The number of amides is 1. The van der Waals surface area contributed by atoms with Crippen molar-refractivity contribution in [1.82, 2.24) is 5.43 Å². The van der Waals surface area contributed by atoms with Crippen LogP contribution in [0.3, 0.4) is 0 Å². The molecule has 1 rings (SSSR count). The van der Waals surface area contributed by atoms with Gasteiger partial charge in [-0.25, -0.2) is 10.2 Å². The number of alkyl halides is 3. The number of benzene rings is 1. The fourth-order valence-corrected chi connectivity index (χ4v) is 1.40. The summed E-state index contributed by atoms with van der Waals surface area (Å²) in [4.78, 5) is 11.4. The molecule has 0 fully saturated rings. The molecule has 0 aliphatic heterocycles. The van der Waals surface area contributed by atoms with E-state index < -0.39 is 23.4 Å². The topological polar surface area (TPSA) is 50.4 Å². The van der Waals surface area contributed by atoms with Gasteiger partial charge < -0.3 is 4.74 Å². The van der Waals surface area contributed by atoms with Gasteiger partial charge in [0, 0.05) is 0 Å². The molecule has 2 N–H and O–H groups in total. The molecule has 7 heteroatoms. The van der Waals surface area contributed by atoms with E-state index in [1.54, 1.807) is 20.8 Å². The fraction of sp³-hybridized carbons (Fsp3) is 0.462. The Morgan fingerprint density at radius 3 is 2.25 bits per heavy atom. The van der Waals surface area contributed by atoms with Crippen LogP contribution >= 0.6 is 0 Å². The van der Waals surface area contributed by atoms with Gasteiger partial charge in [-0.1, -0.05) is 0 Å². The third kappa shape index (κ3) is 4.99. The number of ether oxygens (including phenoxy) is 1. The minimum absolute atomic E-state index is 0.357. The number of aryl methyl sites for hydroxylation is 1. The van der Waals surface area contributed by atoms with Gasteiger partial charge >= 0.3 is 12.3 Å². The van der Waals surface area contributed by atoms with Crippen LogP contribution in [0.4, 0.5) is 23.7 Å². The summed E-state index contributed by atoms with van der Waals surface area (Å²) >= 11 is 0. The molecule has 20 heavy (non-hydrogen) atoms. The summed E-state index contributed by atoms with van der Waals surface area (Å²) in [5.41, 5.74) is 4.12. The van der Waals surface area contributed by atoms with Crippen molar-refractivity contribution in [3.63, 3.8) is 0 Å². The zero-order chi connectivity index (χ0) is 15.6. The summed E-state index contributed by atoms with van der Waals surface area (Å²) < 4.78 is 42.5. The molecule has 0 atom stereocenters. The highest BCUT2D eigenvalue weighted by atomic mass is 19.4. The van der Waals surface area contributed by atoms with Gasteiger partial charge in [0.2, 0.25) is 0 Å². The van der Waals surface area contributed by atoms with Crippen molar-refractivity contribution in [3.05, 3.63) is 29.3 Å². The van der Waals surface area contributed by atoms with Gasteiger partial charge in [-0.2, -0.15) is 13.2 Å². The summed E-state index contributed by atoms with van der Waals surface area (Å²) in [6, 6.07) is 3.18. The van der Waals surface area contributed by atoms with Crippen molar-refractivity contribution < 1.29 is 22.7 Å². The number of carbonyl (C=O) groups excluding carboxylic acids is 1. The molecular weight excluding hydrogens is 273 g/mol. The Labute approximate surface area is 115 Å². The number of halogens is 3. The first-order chi connectivity index (χ1) is 8.99. The zero-order valence-electron chi connectivity index (χ0n) is 11.7. The Morgan fingerprint density at radius 2 is 1.80 bits per heavy atom. The zero-order valence-corrected chi connectivity index (χ0v) is 11.7. The van der Waals surface area contributed by atoms with Gasteiger partial charge in [0.1, 0.15) is 5.60 Å². The van der Waals surface area contributed by atoms with Crippen LogP contribution in [0, 0.1) is 6.92 Å². The lowest BCUT2D eigenvalue weighted by atomic mass is 10.1. The van der Waals surface area contributed by atoms with Gasteiger partial charge in [0.25, 0.3) is 0 Å². The van der Waals surface area contributed by atoms with Gasteiger partial charge in [-0.05, 0) is 51.5 Å². The van der Waals surface area contributed by atoms with Gasteiger partial charge in [-0.15, -0.1) is 0 Å². The predicted molar refractivity (Wildman–Crippen MR) is 69.2 cm³/mol. The molecular formula is C13H17F3N2O2. The second kappa shape index (κ2) is 5.60. The Bertz CT molecular complexity index is 493. The van der Waals surface area contributed by atoms with Crippen LogP contribution in [0.15, 0.2) is 18.2 Å². The van der Waals surface area contributed by atoms with E-state index in [2.05, 4.69) is 10.9 Å². The molecule has 1 amide bonds. The van der Waals surface area contributed by atoms with Crippen LogP contribution in [0.25, 0.3) is 0 Å². The number of hydrogen-bond donors (Lipinski definition) is 2. The summed E-state index contributed by atoms with van der Waals surface area (Å²) in [6.45, 7) is 6.62. The highest BCUT2D eigenvalue weighted by Crippen LogP contribution is 2.31. The van der Waals surface area contributed by atoms with Crippen LogP contribution in [0.2, 0.25) is 0 Å². The molecule has 1 aromatic rings. The van der Waals surface area contributed by atoms with Crippen LogP contribution in [0.1, 0.15) is 31.9 Å². The maximum Gasteiger partial charge on any atom is 0.426 e. The third-order valence-corrected chi connectivity index (χ3v) is 2.25. The third-order valence-electron chi connectivity index (χ3n) is 2.25. The second-order valence-corrected chi connectivity index (χ2v) is 5.28. The number of hydrogen-bond acceptors (Lipinski definition) is 3. The summed E-state index contributed by atoms with van der Waals surface area (Å²) in [6.07, 6.45) is -5.10. The largest absolute Gasteiger partial charge is 0.443 e. The number of rotatable bonds is 2. The molecule has 0 bridgehead atoms. The van der Waals surface area contributed by atoms with Crippen LogP contribution in [-0.2, 0) is 10.9 Å². The molecule has 0 unspecified atom stereocenters. The molecule has 0 saturated carbocycles. The number of hydrazine groups is 1. The Balaban J connectivity index is 2.68. The van der Waals surface area contributed by atoms with E-state index in [1.807, 2.05) is 0 Å². The van der Waals surface area contributed by atoms with Crippen molar-refractivity contribution in [2.24, 2.45) is 0 Å². The van der Waals surface area contributed by atoms with Crippen LogP contribution < -0.4 is 10.9 Å². The van der Waals surface area contributed by atoms with Gasteiger partial charge in [-0.3, -0.25) is 5.43 Å². The quantitative estimate of drug-likeness (QED) is 0.813. The first-order valence-electron chi connectivity index (χ1n) is 5.92. The van der Waals surface area contributed by atoms with Crippen molar-refractivity contribution in [1.29, 1.82) is 0 Å². The number of carbonyl (C=O) groups is 1. The monoisotopic (exact) mass is 290 g/mol. The molecule has 1 aromatic carbocycles. The Kier molecular flexibility index (Phi) is 4.52. The summed E-state index contributed by atoms with van der Waals surface area (Å²) in [5, 5.41) is 0. The lowest BCUT2D eigenvalue weighted by Crippen LogP contribution is -2.36. The van der Waals surface area contributed by atoms with Crippen LogP contribution in [0.5, 0.6) is 0 Å². The standard InChI is InChI=1S/C13H17F3N2O2/c1-8-7-9(13(14,15)16)5-6-10(8)17-18-11(19)20-12(2,3)4/h5-7,17H,1-4H3,(H,18,19). The van der Waals surface area contributed by atoms with Crippen molar-refractivity contribution in [2.45, 2.75) is 39.5 Å². The molecule has 0 heterocycles. The average molecular weight is 290 g/mol. The molecule has 0 saturated heterocycles. The van der Waals surface area contributed by atoms with Crippen molar-refractivity contribution >= 4 is 11.8 Å². The maximum absolute atomic E-state index is 12.5. The molecule has 0 radical (unpaired) electrons. The maximum atomic E-state index is 12.5. The number of anilines is 1. The van der Waals surface area contributed by atoms with E-state index in [4.69, 9.17) is 4.74 Å². The van der Waals surface area contributed by atoms with E-state index in [0.29, 0.717) is 11.3 Å². The Morgan fingerprint density at radius 1 is 1.20 bits per heavy atom. The first kappa shape index (κ1) is 16.1. The van der Waals surface area contributed by atoms with E-state index >= 15 is 0 Å². The van der Waals surface area contributed by atoms with Crippen LogP contribution in [-0.4, -0.2) is 11.7 Å². The molecule has 0 spiro atoms. The number of nitrogens with one attached hydrogen (secondary N) is 2. The lowest BCUT2D eigenvalue weighted by Gasteiger charge is -2.20. The second-order valence-electron chi connectivity index (χ2n) is 5.28. The summed E-state index contributed by atoms with van der Waals surface area (Å²) in [7, 11) is 0. The van der Waals surface area contributed by atoms with Gasteiger partial charge in [0.15, 0.2) is 0 Å². The highest BCUT2D eigenvalue weighted by molar-refractivity contribution is 5.70. The normalized spacial score (nSPS) is 11.9. The predicted octanol–water partition coefficient (Wildman–Crippen LogP) is 3.87. The Hall–Kier alpha value is -1.92. The lowest BCUT2D eigenvalue weighted by molar-refractivity contribution is -0.137. The minimum atomic E-state index is -4.39. The van der Waals surface area contributed by atoms with Crippen molar-refractivity contribution in [3.8, 4) is 0 Å². The molecule has 4 nitrogen and oxygen atoms in total. The minimum Gasteiger partial charge on any atom is -0.443 e. The van der Waals surface area contributed by atoms with Gasteiger partial charge in [0.05, 0.1) is 11.3 Å². The molecule has 0 aliphatic carbocycles. The molecule has 0 aromatic heterocycles. The SMILES string of the molecule is Cc1cc(C(F)(F)F)ccc1NNC(=O)OC(C)(C)C. The summed E-state index contributed by atoms with van der Waals surface area (Å²) in [5.74, 6) is 0. The highest BCUT2D eigenvalue weighted by Gasteiger charge is 2.30. The molecule has 0 aliphatic rings. The molecule has 112 valence electrons.